The highest BCUT2D eigenvalue weighted by Gasteiger charge is 2.27. The first-order valence-corrected chi connectivity index (χ1v) is 5.60. The van der Waals surface area contributed by atoms with Gasteiger partial charge in [-0.25, -0.2) is 8.78 Å². The molecule has 0 aliphatic heterocycles. The zero-order valence-corrected chi connectivity index (χ0v) is 11.2. The number of aromatic nitrogens is 2. The van der Waals surface area contributed by atoms with Gasteiger partial charge in [0.2, 0.25) is 0 Å². The smallest absolute Gasteiger partial charge is 0.202 e. The van der Waals surface area contributed by atoms with Crippen LogP contribution in [0.15, 0.2) is 6.07 Å². The minimum absolute atomic E-state index is 0.0463. The Kier molecular flexibility index (Phi) is 8.81. The molecule has 0 unspecified atom stereocenters. The number of hydrogen-bond donors (Lipinski definition) is 0. The first-order chi connectivity index (χ1) is 7.41. The Morgan fingerprint density at radius 3 is 1.75 bits per heavy atom. The fraction of sp³-hybridized carbons (Fsp3) is 0.667. The van der Waals surface area contributed by atoms with E-state index in [9.17, 15) is 8.78 Å². The van der Waals surface area contributed by atoms with Crippen LogP contribution in [0.2, 0.25) is 0 Å². The standard InChI is InChI=1S/C8H10F2N2.2C2H6/c1-5-4-7(8(3,9)10)6(2)12-11-5;2*1-2/h4H,1-3H3;2*1-2H3. The van der Waals surface area contributed by atoms with Crippen LogP contribution in [0, 0.1) is 13.8 Å². The van der Waals surface area contributed by atoms with Crippen LogP contribution in [0.3, 0.4) is 0 Å². The van der Waals surface area contributed by atoms with E-state index in [1.807, 2.05) is 27.7 Å². The maximum atomic E-state index is 12.8. The molecule has 0 atom stereocenters. The molecule has 94 valence electrons. The maximum Gasteiger partial charge on any atom is 0.272 e. The zero-order chi connectivity index (χ0) is 13.4. The lowest BCUT2D eigenvalue weighted by molar-refractivity contribution is 0.0161. The molecule has 16 heavy (non-hydrogen) atoms. The van der Waals surface area contributed by atoms with Gasteiger partial charge in [-0.2, -0.15) is 10.2 Å². The molecule has 0 bridgehead atoms. The number of halogens is 2. The van der Waals surface area contributed by atoms with E-state index in [-0.39, 0.29) is 11.3 Å². The van der Waals surface area contributed by atoms with Gasteiger partial charge < -0.3 is 0 Å². The molecule has 4 heteroatoms. The van der Waals surface area contributed by atoms with E-state index in [0.717, 1.165) is 6.92 Å². The highest BCUT2D eigenvalue weighted by atomic mass is 19.3. The summed E-state index contributed by atoms with van der Waals surface area (Å²) in [6.07, 6.45) is 0. The van der Waals surface area contributed by atoms with E-state index in [1.54, 1.807) is 6.92 Å². The molecule has 0 aromatic carbocycles. The summed E-state index contributed by atoms with van der Waals surface area (Å²) in [5, 5.41) is 7.28. The molecule has 0 saturated carbocycles. The number of alkyl halides is 2. The van der Waals surface area contributed by atoms with Gasteiger partial charge in [0.25, 0.3) is 5.92 Å². The van der Waals surface area contributed by atoms with E-state index in [2.05, 4.69) is 10.2 Å². The number of rotatable bonds is 1. The normalized spacial score (nSPS) is 9.56. The van der Waals surface area contributed by atoms with Gasteiger partial charge in [0.1, 0.15) is 0 Å². The average molecular weight is 232 g/mol. The minimum atomic E-state index is -2.83. The Morgan fingerprint density at radius 2 is 1.44 bits per heavy atom. The summed E-state index contributed by atoms with van der Waals surface area (Å²) in [5.41, 5.74) is 0.750. The van der Waals surface area contributed by atoms with Crippen LogP contribution in [0.1, 0.15) is 51.6 Å². The Bertz CT molecular complexity index is 294. The number of nitrogens with zero attached hydrogens (tertiary/aromatic N) is 2. The predicted molar refractivity (Wildman–Crippen MR) is 63.8 cm³/mol. The largest absolute Gasteiger partial charge is 0.272 e. The van der Waals surface area contributed by atoms with Crippen molar-refractivity contribution in [2.45, 2.75) is 54.4 Å². The van der Waals surface area contributed by atoms with Crippen molar-refractivity contribution in [2.75, 3.05) is 0 Å². The third-order valence-electron chi connectivity index (χ3n) is 1.57. The summed E-state index contributed by atoms with van der Waals surface area (Å²) in [6.45, 7) is 12.0. The van der Waals surface area contributed by atoms with Gasteiger partial charge in [0.05, 0.1) is 11.4 Å². The Morgan fingerprint density at radius 1 is 1.00 bits per heavy atom. The average Bonchev–Trinajstić information content (AvgIpc) is 2.26. The van der Waals surface area contributed by atoms with Gasteiger partial charge in [0, 0.05) is 12.5 Å². The molecule has 0 N–H and O–H groups in total. The highest BCUT2D eigenvalue weighted by Crippen LogP contribution is 2.28. The van der Waals surface area contributed by atoms with Crippen molar-refractivity contribution < 1.29 is 8.78 Å². The third kappa shape index (κ3) is 5.73. The number of hydrogen-bond acceptors (Lipinski definition) is 2. The van der Waals surface area contributed by atoms with Gasteiger partial charge in [-0.1, -0.05) is 27.7 Å². The van der Waals surface area contributed by atoms with Crippen LogP contribution in [0.25, 0.3) is 0 Å². The van der Waals surface area contributed by atoms with Crippen LogP contribution >= 0.6 is 0 Å². The monoisotopic (exact) mass is 232 g/mol. The van der Waals surface area contributed by atoms with Gasteiger partial charge in [-0.05, 0) is 19.9 Å². The van der Waals surface area contributed by atoms with Crippen molar-refractivity contribution in [3.8, 4) is 0 Å². The van der Waals surface area contributed by atoms with Crippen molar-refractivity contribution in [3.63, 3.8) is 0 Å². The topological polar surface area (TPSA) is 25.8 Å². The van der Waals surface area contributed by atoms with Crippen LogP contribution in [-0.2, 0) is 5.92 Å². The van der Waals surface area contributed by atoms with Gasteiger partial charge in [-0.15, -0.1) is 0 Å². The molecule has 2 nitrogen and oxygen atoms in total. The van der Waals surface area contributed by atoms with Crippen LogP contribution in [0.4, 0.5) is 8.78 Å². The van der Waals surface area contributed by atoms with Gasteiger partial charge >= 0.3 is 0 Å². The Labute approximate surface area is 97.1 Å². The summed E-state index contributed by atoms with van der Waals surface area (Å²) >= 11 is 0. The van der Waals surface area contributed by atoms with E-state index in [4.69, 9.17) is 0 Å². The predicted octanol–water partition coefficient (Wildman–Crippen LogP) is 4.26. The zero-order valence-electron chi connectivity index (χ0n) is 11.2. The quantitative estimate of drug-likeness (QED) is 0.723. The molecule has 1 aromatic heterocycles. The molecule has 1 rings (SSSR count). The molecule has 0 saturated heterocycles. The molecule has 0 aliphatic carbocycles. The lowest BCUT2D eigenvalue weighted by Crippen LogP contribution is -2.11. The highest BCUT2D eigenvalue weighted by molar-refractivity contribution is 5.23. The summed E-state index contributed by atoms with van der Waals surface area (Å²) in [4.78, 5) is 0. The molecule has 1 aromatic rings. The van der Waals surface area contributed by atoms with Crippen LogP contribution < -0.4 is 0 Å². The van der Waals surface area contributed by atoms with Gasteiger partial charge in [0.15, 0.2) is 0 Å². The fourth-order valence-electron chi connectivity index (χ4n) is 0.994. The lowest BCUT2D eigenvalue weighted by Gasteiger charge is -2.12. The van der Waals surface area contributed by atoms with Crippen molar-refractivity contribution >= 4 is 0 Å². The maximum absolute atomic E-state index is 12.8. The van der Waals surface area contributed by atoms with Crippen molar-refractivity contribution in [1.82, 2.24) is 10.2 Å². The van der Waals surface area contributed by atoms with Crippen molar-refractivity contribution in [3.05, 3.63) is 23.0 Å². The summed E-state index contributed by atoms with van der Waals surface area (Å²) in [5.74, 6) is -2.83. The summed E-state index contributed by atoms with van der Waals surface area (Å²) < 4.78 is 25.7. The summed E-state index contributed by atoms with van der Waals surface area (Å²) in [7, 11) is 0. The molecular formula is C12H22F2N2. The van der Waals surface area contributed by atoms with E-state index in [1.165, 1.54) is 13.0 Å². The summed E-state index contributed by atoms with van der Waals surface area (Å²) in [6, 6.07) is 1.36. The molecule has 0 spiro atoms. The Hall–Kier alpha value is -1.06. The SMILES string of the molecule is CC.CC.Cc1cc(C(C)(F)F)c(C)nn1. The second-order valence-corrected chi connectivity index (χ2v) is 2.87. The lowest BCUT2D eigenvalue weighted by atomic mass is 10.1. The molecule has 0 fully saturated rings. The Balaban J connectivity index is 0. The molecule has 1 heterocycles. The van der Waals surface area contributed by atoms with E-state index in [0.29, 0.717) is 5.69 Å². The van der Waals surface area contributed by atoms with Crippen LogP contribution in [0.5, 0.6) is 0 Å². The number of aryl methyl sites for hydroxylation is 2. The van der Waals surface area contributed by atoms with Gasteiger partial charge in [-0.3, -0.25) is 0 Å². The molecular weight excluding hydrogens is 210 g/mol. The minimum Gasteiger partial charge on any atom is -0.202 e. The second kappa shape index (κ2) is 8.13. The first kappa shape index (κ1) is 17.3. The third-order valence-corrected chi connectivity index (χ3v) is 1.57. The van der Waals surface area contributed by atoms with Crippen molar-refractivity contribution in [2.24, 2.45) is 0 Å². The van der Waals surface area contributed by atoms with Crippen LogP contribution in [-0.4, -0.2) is 10.2 Å². The first-order valence-electron chi connectivity index (χ1n) is 5.60. The van der Waals surface area contributed by atoms with E-state index >= 15 is 0 Å². The molecule has 0 radical (unpaired) electrons. The molecule has 0 amide bonds. The second-order valence-electron chi connectivity index (χ2n) is 2.87. The van der Waals surface area contributed by atoms with E-state index < -0.39 is 5.92 Å². The van der Waals surface area contributed by atoms with Crippen molar-refractivity contribution in [1.29, 1.82) is 0 Å². The molecule has 0 aliphatic rings. The fourth-order valence-corrected chi connectivity index (χ4v) is 0.994.